The molecule has 1 aliphatic carbocycles. The van der Waals surface area contributed by atoms with Crippen LogP contribution in [0.1, 0.15) is 18.4 Å². The smallest absolute Gasteiger partial charge is 0.133 e. The molecule has 2 aromatic rings. The molecule has 1 fully saturated rings. The van der Waals surface area contributed by atoms with Gasteiger partial charge in [-0.15, -0.1) is 0 Å². The van der Waals surface area contributed by atoms with Crippen molar-refractivity contribution >= 4 is 11.6 Å². The minimum Gasteiger partial charge on any atom is -0.310 e. The van der Waals surface area contributed by atoms with Gasteiger partial charge in [-0.2, -0.15) is 0 Å². The van der Waals surface area contributed by atoms with E-state index in [1.54, 1.807) is 12.1 Å². The summed E-state index contributed by atoms with van der Waals surface area (Å²) in [5.41, 5.74) is 2.07. The van der Waals surface area contributed by atoms with Crippen LogP contribution in [0.4, 0.5) is 8.78 Å². The van der Waals surface area contributed by atoms with Crippen LogP contribution in [0.25, 0.3) is 11.1 Å². The molecule has 0 atom stereocenters. The Morgan fingerprint density at radius 1 is 1.05 bits per heavy atom. The Bertz CT molecular complexity index is 638. The van der Waals surface area contributed by atoms with Crippen LogP contribution in [-0.4, -0.2) is 6.04 Å². The summed E-state index contributed by atoms with van der Waals surface area (Å²) >= 11 is 6.02. The van der Waals surface area contributed by atoms with Crippen molar-refractivity contribution < 1.29 is 8.78 Å². The van der Waals surface area contributed by atoms with Crippen LogP contribution in [0, 0.1) is 11.6 Å². The summed E-state index contributed by atoms with van der Waals surface area (Å²) < 4.78 is 27.0. The number of rotatable bonds is 4. The van der Waals surface area contributed by atoms with Gasteiger partial charge in [0, 0.05) is 29.2 Å². The Morgan fingerprint density at radius 2 is 1.80 bits per heavy atom. The maximum atomic E-state index is 13.9. The quantitative estimate of drug-likeness (QED) is 0.873. The summed E-state index contributed by atoms with van der Waals surface area (Å²) in [7, 11) is 0. The van der Waals surface area contributed by atoms with E-state index >= 15 is 0 Å². The highest BCUT2D eigenvalue weighted by atomic mass is 35.5. The maximum absolute atomic E-state index is 13.9. The lowest BCUT2D eigenvalue weighted by Crippen LogP contribution is -2.16. The molecule has 20 heavy (non-hydrogen) atoms. The fourth-order valence-electron chi connectivity index (χ4n) is 2.22. The number of benzene rings is 2. The van der Waals surface area contributed by atoms with Crippen molar-refractivity contribution in [3.63, 3.8) is 0 Å². The number of nitrogens with one attached hydrogen (secondary N) is 1. The second-order valence-electron chi connectivity index (χ2n) is 5.08. The first-order valence-electron chi connectivity index (χ1n) is 6.61. The molecule has 0 bridgehead atoms. The first-order chi connectivity index (χ1) is 9.63. The zero-order valence-corrected chi connectivity index (χ0v) is 11.6. The molecule has 1 aliphatic rings. The van der Waals surface area contributed by atoms with Gasteiger partial charge in [-0.1, -0.05) is 17.7 Å². The first kappa shape index (κ1) is 13.5. The molecule has 3 rings (SSSR count). The summed E-state index contributed by atoms with van der Waals surface area (Å²) in [4.78, 5) is 0. The average molecular weight is 294 g/mol. The van der Waals surface area contributed by atoms with Crippen molar-refractivity contribution in [3.8, 4) is 11.1 Å². The summed E-state index contributed by atoms with van der Waals surface area (Å²) in [6.07, 6.45) is 2.36. The van der Waals surface area contributed by atoms with Crippen LogP contribution in [0.15, 0.2) is 36.4 Å². The molecule has 1 N–H and O–H groups in total. The predicted molar refractivity (Wildman–Crippen MR) is 76.7 cm³/mol. The van der Waals surface area contributed by atoms with E-state index in [-0.39, 0.29) is 0 Å². The number of halogens is 3. The van der Waals surface area contributed by atoms with E-state index in [0.29, 0.717) is 23.2 Å². The normalized spacial score (nSPS) is 14.6. The van der Waals surface area contributed by atoms with Gasteiger partial charge in [0.05, 0.1) is 0 Å². The molecule has 0 heterocycles. The molecule has 0 unspecified atom stereocenters. The van der Waals surface area contributed by atoms with E-state index < -0.39 is 11.6 Å². The molecule has 1 nitrogen and oxygen atoms in total. The molecule has 0 radical (unpaired) electrons. The molecule has 0 amide bonds. The third-order valence-corrected chi connectivity index (χ3v) is 3.68. The lowest BCUT2D eigenvalue weighted by molar-refractivity contribution is 0.585. The number of hydrogen-bond acceptors (Lipinski definition) is 1. The fraction of sp³-hybridized carbons (Fsp3) is 0.250. The SMILES string of the molecule is Fc1ccc(-c2ccc(Cl)cc2CNC2CC2)c(F)c1. The first-order valence-corrected chi connectivity index (χ1v) is 6.98. The highest BCUT2D eigenvalue weighted by Gasteiger charge is 2.21. The minimum absolute atomic E-state index is 0.399. The van der Waals surface area contributed by atoms with Gasteiger partial charge >= 0.3 is 0 Å². The Hall–Kier alpha value is -1.45. The van der Waals surface area contributed by atoms with E-state index in [4.69, 9.17) is 11.6 Å². The van der Waals surface area contributed by atoms with Crippen molar-refractivity contribution in [2.24, 2.45) is 0 Å². The second kappa shape index (κ2) is 5.51. The summed E-state index contributed by atoms with van der Waals surface area (Å²) in [6.45, 7) is 0.636. The van der Waals surface area contributed by atoms with Crippen molar-refractivity contribution in [2.45, 2.75) is 25.4 Å². The Morgan fingerprint density at radius 3 is 2.50 bits per heavy atom. The number of hydrogen-bond donors (Lipinski definition) is 1. The van der Waals surface area contributed by atoms with Gasteiger partial charge in [0.1, 0.15) is 11.6 Å². The van der Waals surface area contributed by atoms with Gasteiger partial charge in [-0.05, 0) is 48.2 Å². The van der Waals surface area contributed by atoms with E-state index in [1.165, 1.54) is 25.0 Å². The molecule has 2 aromatic carbocycles. The lowest BCUT2D eigenvalue weighted by Gasteiger charge is -2.12. The van der Waals surface area contributed by atoms with Gasteiger partial charge in [-0.3, -0.25) is 0 Å². The van der Waals surface area contributed by atoms with E-state index in [2.05, 4.69) is 5.32 Å². The highest BCUT2D eigenvalue weighted by molar-refractivity contribution is 6.30. The molecule has 1 saturated carbocycles. The summed E-state index contributed by atoms with van der Waals surface area (Å²) in [5, 5.41) is 4.00. The van der Waals surface area contributed by atoms with Gasteiger partial charge in [0.15, 0.2) is 0 Å². The van der Waals surface area contributed by atoms with Crippen molar-refractivity contribution in [1.82, 2.24) is 5.32 Å². The van der Waals surface area contributed by atoms with Crippen LogP contribution < -0.4 is 5.32 Å². The Kier molecular flexibility index (Phi) is 3.72. The van der Waals surface area contributed by atoms with Gasteiger partial charge < -0.3 is 5.32 Å². The highest BCUT2D eigenvalue weighted by Crippen LogP contribution is 2.30. The average Bonchev–Trinajstić information content (AvgIpc) is 3.21. The molecular formula is C16H14ClF2N. The van der Waals surface area contributed by atoms with Gasteiger partial charge in [-0.25, -0.2) is 8.78 Å². The minimum atomic E-state index is -0.571. The van der Waals surface area contributed by atoms with Crippen molar-refractivity contribution in [2.75, 3.05) is 0 Å². The standard InChI is InChI=1S/C16H14ClF2N/c17-11-1-5-14(10(7-11)9-20-13-3-4-13)15-6-2-12(18)8-16(15)19/h1-2,5-8,13,20H,3-4,9H2. The van der Waals surface area contributed by atoms with E-state index in [0.717, 1.165) is 17.2 Å². The van der Waals surface area contributed by atoms with Crippen LogP contribution >= 0.6 is 11.6 Å². The third-order valence-electron chi connectivity index (χ3n) is 3.45. The largest absolute Gasteiger partial charge is 0.310 e. The lowest BCUT2D eigenvalue weighted by atomic mass is 9.99. The Balaban J connectivity index is 1.97. The van der Waals surface area contributed by atoms with Crippen LogP contribution in [0.2, 0.25) is 5.02 Å². The fourth-order valence-corrected chi connectivity index (χ4v) is 2.42. The van der Waals surface area contributed by atoms with Gasteiger partial charge in [0.25, 0.3) is 0 Å². The van der Waals surface area contributed by atoms with Crippen LogP contribution in [0.5, 0.6) is 0 Å². The van der Waals surface area contributed by atoms with Gasteiger partial charge in [0.2, 0.25) is 0 Å². The second-order valence-corrected chi connectivity index (χ2v) is 5.52. The molecule has 0 aliphatic heterocycles. The van der Waals surface area contributed by atoms with E-state index in [9.17, 15) is 8.78 Å². The maximum Gasteiger partial charge on any atom is 0.133 e. The Labute approximate surface area is 121 Å². The molecule has 104 valence electrons. The third kappa shape index (κ3) is 3.00. The summed E-state index contributed by atoms with van der Waals surface area (Å²) in [6, 6.07) is 9.53. The van der Waals surface area contributed by atoms with Crippen LogP contribution in [0.3, 0.4) is 0 Å². The zero-order valence-electron chi connectivity index (χ0n) is 10.8. The monoisotopic (exact) mass is 293 g/mol. The van der Waals surface area contributed by atoms with Crippen LogP contribution in [-0.2, 0) is 6.54 Å². The molecular weight excluding hydrogens is 280 g/mol. The zero-order chi connectivity index (χ0) is 14.1. The molecule has 4 heteroatoms. The topological polar surface area (TPSA) is 12.0 Å². The predicted octanol–water partition coefficient (Wildman–Crippen LogP) is 4.54. The molecule has 0 spiro atoms. The summed E-state index contributed by atoms with van der Waals surface area (Å²) in [5.74, 6) is -1.13. The van der Waals surface area contributed by atoms with Crippen molar-refractivity contribution in [1.29, 1.82) is 0 Å². The van der Waals surface area contributed by atoms with E-state index in [1.807, 2.05) is 6.07 Å². The van der Waals surface area contributed by atoms with Crippen molar-refractivity contribution in [3.05, 3.63) is 58.6 Å². The molecule has 0 saturated heterocycles. The molecule has 0 aromatic heterocycles.